The number of rotatable bonds is 7. The van der Waals surface area contributed by atoms with Crippen molar-refractivity contribution in [1.82, 2.24) is 5.06 Å². The Morgan fingerprint density at radius 3 is 2.29 bits per heavy atom. The quantitative estimate of drug-likeness (QED) is 0.599. The van der Waals surface area contributed by atoms with Crippen molar-refractivity contribution in [3.8, 4) is 0 Å². The van der Waals surface area contributed by atoms with Gasteiger partial charge >= 0.3 is 5.97 Å². The van der Waals surface area contributed by atoms with Crippen LogP contribution in [-0.2, 0) is 16.0 Å². The second kappa shape index (κ2) is 8.00. The van der Waals surface area contributed by atoms with E-state index in [0.717, 1.165) is 0 Å². The van der Waals surface area contributed by atoms with Gasteiger partial charge in [-0.3, -0.25) is 10.0 Å². The van der Waals surface area contributed by atoms with E-state index >= 15 is 0 Å². The van der Waals surface area contributed by atoms with Gasteiger partial charge in [-0.05, 0) is 30.0 Å². The van der Waals surface area contributed by atoms with Crippen molar-refractivity contribution in [1.29, 1.82) is 0 Å². The normalized spacial score (nSPS) is 12.2. The molecule has 1 aromatic rings. The molecule has 0 aliphatic heterocycles. The molecule has 0 aliphatic rings. The predicted octanol–water partition coefficient (Wildman–Crippen LogP) is 2.99. The SMILES string of the molecule is CC(C)CCC(=O)N(O)[C@@H](Cc1ccc(Cl)cc1)C(=O)O. The topological polar surface area (TPSA) is 77.8 Å². The van der Waals surface area contributed by atoms with E-state index in [-0.39, 0.29) is 12.8 Å². The summed E-state index contributed by atoms with van der Waals surface area (Å²) < 4.78 is 0. The predicted molar refractivity (Wildman–Crippen MR) is 79.3 cm³/mol. The molecule has 0 saturated heterocycles. The molecule has 21 heavy (non-hydrogen) atoms. The first-order valence-electron chi connectivity index (χ1n) is 6.79. The maximum Gasteiger partial charge on any atom is 0.329 e. The van der Waals surface area contributed by atoms with Crippen molar-refractivity contribution in [3.05, 3.63) is 34.9 Å². The Balaban J connectivity index is 2.74. The van der Waals surface area contributed by atoms with E-state index in [0.29, 0.717) is 28.0 Å². The lowest BCUT2D eigenvalue weighted by molar-refractivity contribution is -0.186. The molecule has 2 N–H and O–H groups in total. The zero-order chi connectivity index (χ0) is 16.0. The smallest absolute Gasteiger partial charge is 0.329 e. The number of carboxylic acid groups (broad SMARTS) is 1. The second-order valence-corrected chi connectivity index (χ2v) is 5.79. The van der Waals surface area contributed by atoms with Gasteiger partial charge in [0.2, 0.25) is 5.91 Å². The molecule has 0 aromatic heterocycles. The number of hydrogen-bond acceptors (Lipinski definition) is 3. The summed E-state index contributed by atoms with van der Waals surface area (Å²) in [6.07, 6.45) is 0.748. The van der Waals surface area contributed by atoms with Crippen LogP contribution in [0.25, 0.3) is 0 Å². The van der Waals surface area contributed by atoms with Gasteiger partial charge in [-0.2, -0.15) is 0 Å². The highest BCUT2D eigenvalue weighted by molar-refractivity contribution is 6.30. The van der Waals surface area contributed by atoms with Crippen LogP contribution in [0, 0.1) is 5.92 Å². The third kappa shape index (κ3) is 5.73. The Morgan fingerprint density at radius 2 is 1.81 bits per heavy atom. The zero-order valence-corrected chi connectivity index (χ0v) is 12.9. The van der Waals surface area contributed by atoms with E-state index in [2.05, 4.69) is 0 Å². The number of aliphatic carboxylic acids is 1. The van der Waals surface area contributed by atoms with Gasteiger partial charge in [-0.15, -0.1) is 0 Å². The average Bonchev–Trinajstić information content (AvgIpc) is 2.43. The lowest BCUT2D eigenvalue weighted by Crippen LogP contribution is -2.44. The van der Waals surface area contributed by atoms with Gasteiger partial charge in [-0.1, -0.05) is 37.6 Å². The lowest BCUT2D eigenvalue weighted by Gasteiger charge is -2.23. The highest BCUT2D eigenvalue weighted by Crippen LogP contribution is 2.14. The van der Waals surface area contributed by atoms with Gasteiger partial charge in [0, 0.05) is 17.9 Å². The molecule has 0 aliphatic carbocycles. The molecular weight excluding hydrogens is 294 g/mol. The summed E-state index contributed by atoms with van der Waals surface area (Å²) in [5, 5.41) is 19.9. The van der Waals surface area contributed by atoms with Crippen LogP contribution < -0.4 is 0 Å². The summed E-state index contributed by atoms with van der Waals surface area (Å²) in [4.78, 5) is 23.1. The third-order valence-corrected chi connectivity index (χ3v) is 3.37. The van der Waals surface area contributed by atoms with Gasteiger partial charge < -0.3 is 5.11 Å². The fourth-order valence-corrected chi connectivity index (χ4v) is 1.95. The van der Waals surface area contributed by atoms with E-state index in [1.54, 1.807) is 24.3 Å². The fraction of sp³-hybridized carbons (Fsp3) is 0.467. The molecule has 0 radical (unpaired) electrons. The summed E-state index contributed by atoms with van der Waals surface area (Å²) in [5.41, 5.74) is 0.683. The Bertz CT molecular complexity index is 487. The van der Waals surface area contributed by atoms with Crippen LogP contribution in [0.5, 0.6) is 0 Å². The van der Waals surface area contributed by atoms with Crippen LogP contribution in [0.4, 0.5) is 0 Å². The van der Waals surface area contributed by atoms with Crippen molar-refractivity contribution < 1.29 is 19.9 Å². The maximum atomic E-state index is 11.8. The maximum absolute atomic E-state index is 11.8. The number of nitrogens with zero attached hydrogens (tertiary/aromatic N) is 1. The molecule has 0 fully saturated rings. The molecule has 0 unspecified atom stereocenters. The highest BCUT2D eigenvalue weighted by Gasteiger charge is 2.28. The third-order valence-electron chi connectivity index (χ3n) is 3.11. The monoisotopic (exact) mass is 313 g/mol. The number of hydroxylamine groups is 2. The molecule has 1 amide bonds. The Hall–Kier alpha value is -1.59. The van der Waals surface area contributed by atoms with Gasteiger partial charge in [0.1, 0.15) is 0 Å². The number of carbonyl (C=O) groups is 2. The van der Waals surface area contributed by atoms with E-state index in [9.17, 15) is 19.9 Å². The van der Waals surface area contributed by atoms with E-state index in [1.165, 1.54) is 0 Å². The molecule has 1 aromatic carbocycles. The zero-order valence-electron chi connectivity index (χ0n) is 12.1. The molecule has 0 saturated carbocycles. The van der Waals surface area contributed by atoms with Crippen molar-refractivity contribution in [3.63, 3.8) is 0 Å². The van der Waals surface area contributed by atoms with Crippen LogP contribution in [0.15, 0.2) is 24.3 Å². The average molecular weight is 314 g/mol. The molecule has 5 nitrogen and oxygen atoms in total. The van der Waals surface area contributed by atoms with Crippen LogP contribution >= 0.6 is 11.6 Å². The molecule has 0 bridgehead atoms. The van der Waals surface area contributed by atoms with Crippen molar-refractivity contribution >= 4 is 23.5 Å². The summed E-state index contributed by atoms with van der Waals surface area (Å²) in [5.74, 6) is -1.52. The standard InChI is InChI=1S/C15H20ClNO4/c1-10(2)3-8-14(18)17(21)13(15(19)20)9-11-4-6-12(16)7-5-11/h4-7,10,13,21H,3,8-9H2,1-2H3,(H,19,20)/t13-/m0/s1. The number of amides is 1. The number of carbonyl (C=O) groups excluding carboxylic acids is 1. The molecule has 6 heteroatoms. The van der Waals surface area contributed by atoms with Gasteiger partial charge in [0.25, 0.3) is 0 Å². The lowest BCUT2D eigenvalue weighted by atomic mass is 10.0. The summed E-state index contributed by atoms with van der Waals surface area (Å²) in [6.45, 7) is 3.91. The van der Waals surface area contributed by atoms with E-state index < -0.39 is 17.9 Å². The van der Waals surface area contributed by atoms with E-state index in [4.69, 9.17) is 11.6 Å². The van der Waals surface area contributed by atoms with Crippen molar-refractivity contribution in [2.75, 3.05) is 0 Å². The first-order chi connectivity index (χ1) is 9.81. The first-order valence-corrected chi connectivity index (χ1v) is 7.17. The summed E-state index contributed by atoms with van der Waals surface area (Å²) in [7, 11) is 0. The molecule has 0 spiro atoms. The van der Waals surface area contributed by atoms with Crippen molar-refractivity contribution in [2.24, 2.45) is 5.92 Å². The summed E-state index contributed by atoms with van der Waals surface area (Å²) in [6, 6.07) is 5.32. The van der Waals surface area contributed by atoms with Gasteiger partial charge in [0.15, 0.2) is 6.04 Å². The largest absolute Gasteiger partial charge is 0.480 e. The second-order valence-electron chi connectivity index (χ2n) is 5.36. The van der Waals surface area contributed by atoms with Crippen molar-refractivity contribution in [2.45, 2.75) is 39.2 Å². The minimum atomic E-state index is -1.30. The molecule has 116 valence electrons. The number of halogens is 1. The Labute approximate surface area is 129 Å². The minimum absolute atomic E-state index is 0.0242. The minimum Gasteiger partial charge on any atom is -0.480 e. The van der Waals surface area contributed by atoms with E-state index in [1.807, 2.05) is 13.8 Å². The fourth-order valence-electron chi connectivity index (χ4n) is 1.82. The molecule has 1 atom stereocenters. The Kier molecular flexibility index (Phi) is 6.65. The molecular formula is C15H20ClNO4. The van der Waals surface area contributed by atoms with Gasteiger partial charge in [-0.25, -0.2) is 9.86 Å². The number of carboxylic acids is 1. The Morgan fingerprint density at radius 1 is 1.24 bits per heavy atom. The molecule has 1 rings (SSSR count). The highest BCUT2D eigenvalue weighted by atomic mass is 35.5. The number of benzene rings is 1. The van der Waals surface area contributed by atoms with Crippen LogP contribution in [-0.4, -0.2) is 33.3 Å². The van der Waals surface area contributed by atoms with Gasteiger partial charge in [0.05, 0.1) is 0 Å². The number of hydrogen-bond donors (Lipinski definition) is 2. The first kappa shape index (κ1) is 17.5. The van der Waals surface area contributed by atoms with Crippen LogP contribution in [0.2, 0.25) is 5.02 Å². The molecule has 0 heterocycles. The van der Waals surface area contributed by atoms with Crippen LogP contribution in [0.3, 0.4) is 0 Å². The summed E-state index contributed by atoms with van der Waals surface area (Å²) >= 11 is 5.76. The van der Waals surface area contributed by atoms with Crippen LogP contribution in [0.1, 0.15) is 32.3 Å².